The van der Waals surface area contributed by atoms with Crippen molar-refractivity contribution in [2.24, 2.45) is 0 Å². The maximum Gasteiger partial charge on any atom is 0.0662 e. The van der Waals surface area contributed by atoms with Gasteiger partial charge < -0.3 is 0 Å². The number of aromatic nitrogens is 2. The lowest BCUT2D eigenvalue weighted by Gasteiger charge is -2.20. The van der Waals surface area contributed by atoms with Crippen molar-refractivity contribution in [3.63, 3.8) is 0 Å². The maximum absolute atomic E-state index is 4.69. The first-order chi connectivity index (χ1) is 6.54. The van der Waals surface area contributed by atoms with Gasteiger partial charge >= 0.3 is 0 Å². The Morgan fingerprint density at radius 1 is 1.36 bits per heavy atom. The molecule has 1 aliphatic heterocycles. The van der Waals surface area contributed by atoms with Crippen LogP contribution in [0.4, 0.5) is 0 Å². The smallest absolute Gasteiger partial charge is 0.0662 e. The van der Waals surface area contributed by atoms with Crippen LogP contribution in [-0.2, 0) is 24.8 Å². The standard InChI is InChI=1S/C12H20N2/c1-5-9-11(12(2,3)4)10-7-6-8-14(10)13-9/h5-8H2,1-4H3. The molecule has 0 aromatic carbocycles. The molecule has 2 heterocycles. The number of aryl methyl sites for hydroxylation is 2. The lowest BCUT2D eigenvalue weighted by molar-refractivity contribution is 0.576. The van der Waals surface area contributed by atoms with Crippen LogP contribution in [0.5, 0.6) is 0 Å². The molecule has 1 aliphatic rings. The molecule has 0 atom stereocenters. The van der Waals surface area contributed by atoms with Gasteiger partial charge in [-0.1, -0.05) is 27.7 Å². The normalized spacial score (nSPS) is 16.0. The fraction of sp³-hybridized carbons (Fsp3) is 0.750. The monoisotopic (exact) mass is 192 g/mol. The second-order valence-electron chi connectivity index (χ2n) is 5.20. The molecule has 0 spiro atoms. The summed E-state index contributed by atoms with van der Waals surface area (Å²) in [7, 11) is 0. The summed E-state index contributed by atoms with van der Waals surface area (Å²) in [5.74, 6) is 0. The first-order valence-electron chi connectivity index (χ1n) is 5.63. The number of hydrogen-bond acceptors (Lipinski definition) is 1. The predicted molar refractivity (Wildman–Crippen MR) is 58.6 cm³/mol. The summed E-state index contributed by atoms with van der Waals surface area (Å²) in [5, 5.41) is 4.69. The van der Waals surface area contributed by atoms with Crippen LogP contribution in [0.15, 0.2) is 0 Å². The van der Waals surface area contributed by atoms with Crippen LogP contribution in [0.3, 0.4) is 0 Å². The molecule has 0 saturated heterocycles. The van der Waals surface area contributed by atoms with E-state index in [1.807, 2.05) is 0 Å². The molecular weight excluding hydrogens is 172 g/mol. The third-order valence-corrected chi connectivity index (χ3v) is 3.00. The largest absolute Gasteiger partial charge is 0.269 e. The third kappa shape index (κ3) is 1.37. The second kappa shape index (κ2) is 3.11. The van der Waals surface area contributed by atoms with Crippen LogP contribution >= 0.6 is 0 Å². The Morgan fingerprint density at radius 3 is 2.64 bits per heavy atom. The van der Waals surface area contributed by atoms with E-state index < -0.39 is 0 Å². The fourth-order valence-corrected chi connectivity index (χ4v) is 2.50. The van der Waals surface area contributed by atoms with E-state index >= 15 is 0 Å². The molecule has 0 N–H and O–H groups in total. The van der Waals surface area contributed by atoms with Gasteiger partial charge in [0.05, 0.1) is 5.69 Å². The van der Waals surface area contributed by atoms with Gasteiger partial charge in [0, 0.05) is 17.8 Å². The third-order valence-electron chi connectivity index (χ3n) is 3.00. The fourth-order valence-electron chi connectivity index (χ4n) is 2.50. The van der Waals surface area contributed by atoms with Crippen molar-refractivity contribution in [3.8, 4) is 0 Å². The van der Waals surface area contributed by atoms with Crippen LogP contribution < -0.4 is 0 Å². The Kier molecular flexibility index (Phi) is 2.17. The van der Waals surface area contributed by atoms with Gasteiger partial charge in [0.2, 0.25) is 0 Å². The van der Waals surface area contributed by atoms with Gasteiger partial charge in [0.1, 0.15) is 0 Å². The Hall–Kier alpha value is -0.790. The Balaban J connectivity index is 2.55. The van der Waals surface area contributed by atoms with E-state index in [2.05, 4.69) is 32.4 Å². The highest BCUT2D eigenvalue weighted by molar-refractivity contribution is 5.34. The van der Waals surface area contributed by atoms with Crippen molar-refractivity contribution >= 4 is 0 Å². The Labute approximate surface area is 86.3 Å². The molecule has 14 heavy (non-hydrogen) atoms. The molecule has 0 amide bonds. The lowest BCUT2D eigenvalue weighted by Crippen LogP contribution is -2.15. The minimum Gasteiger partial charge on any atom is -0.269 e. The van der Waals surface area contributed by atoms with Gasteiger partial charge in [-0.25, -0.2) is 0 Å². The zero-order valence-electron chi connectivity index (χ0n) is 9.72. The van der Waals surface area contributed by atoms with Gasteiger partial charge in [-0.2, -0.15) is 5.10 Å². The second-order valence-corrected chi connectivity index (χ2v) is 5.20. The minimum absolute atomic E-state index is 0.253. The Morgan fingerprint density at radius 2 is 2.07 bits per heavy atom. The van der Waals surface area contributed by atoms with E-state index in [-0.39, 0.29) is 5.41 Å². The molecule has 2 rings (SSSR count). The summed E-state index contributed by atoms with van der Waals surface area (Å²) < 4.78 is 2.22. The van der Waals surface area contributed by atoms with Gasteiger partial charge in [-0.15, -0.1) is 0 Å². The van der Waals surface area contributed by atoms with Gasteiger partial charge in [0.15, 0.2) is 0 Å². The summed E-state index contributed by atoms with van der Waals surface area (Å²) in [6, 6.07) is 0. The van der Waals surface area contributed by atoms with Gasteiger partial charge in [-0.3, -0.25) is 4.68 Å². The quantitative estimate of drug-likeness (QED) is 0.669. The van der Waals surface area contributed by atoms with Crippen LogP contribution in [0, 0.1) is 0 Å². The molecular formula is C12H20N2. The summed E-state index contributed by atoms with van der Waals surface area (Å²) in [6.07, 6.45) is 3.56. The zero-order valence-corrected chi connectivity index (χ0v) is 9.72. The number of fused-ring (bicyclic) bond motifs is 1. The summed E-state index contributed by atoms with van der Waals surface area (Å²) in [4.78, 5) is 0. The average molecular weight is 192 g/mol. The van der Waals surface area contributed by atoms with Gasteiger partial charge in [0.25, 0.3) is 0 Å². The summed E-state index contributed by atoms with van der Waals surface area (Å²) in [5.41, 5.74) is 4.57. The van der Waals surface area contributed by atoms with Crippen molar-refractivity contribution in [2.75, 3.05) is 0 Å². The van der Waals surface area contributed by atoms with Crippen LogP contribution in [0.2, 0.25) is 0 Å². The van der Waals surface area contributed by atoms with Crippen molar-refractivity contribution < 1.29 is 0 Å². The molecule has 1 aromatic heterocycles. The Bertz CT molecular complexity index is 342. The zero-order chi connectivity index (χ0) is 10.3. The molecule has 0 aliphatic carbocycles. The average Bonchev–Trinajstić information content (AvgIpc) is 2.57. The predicted octanol–water partition coefficient (Wildman–Crippen LogP) is 2.69. The first kappa shape index (κ1) is 9.75. The highest BCUT2D eigenvalue weighted by Crippen LogP contribution is 2.32. The molecule has 0 radical (unpaired) electrons. The van der Waals surface area contributed by atoms with Crippen molar-refractivity contribution in [1.82, 2.24) is 9.78 Å². The molecule has 1 aromatic rings. The van der Waals surface area contributed by atoms with Crippen molar-refractivity contribution in [1.29, 1.82) is 0 Å². The van der Waals surface area contributed by atoms with E-state index in [0.717, 1.165) is 13.0 Å². The summed E-state index contributed by atoms with van der Waals surface area (Å²) >= 11 is 0. The van der Waals surface area contributed by atoms with E-state index in [0.29, 0.717) is 0 Å². The molecule has 2 heteroatoms. The molecule has 0 bridgehead atoms. The maximum atomic E-state index is 4.69. The van der Waals surface area contributed by atoms with Gasteiger partial charge in [-0.05, 0) is 24.7 Å². The van der Waals surface area contributed by atoms with E-state index in [4.69, 9.17) is 5.10 Å². The van der Waals surface area contributed by atoms with E-state index in [9.17, 15) is 0 Å². The SMILES string of the molecule is CCc1nn2c(c1C(C)(C)C)CCC2. The van der Waals surface area contributed by atoms with E-state index in [1.54, 1.807) is 0 Å². The van der Waals surface area contributed by atoms with Crippen molar-refractivity contribution in [3.05, 3.63) is 17.0 Å². The van der Waals surface area contributed by atoms with Crippen LogP contribution in [-0.4, -0.2) is 9.78 Å². The van der Waals surface area contributed by atoms with E-state index in [1.165, 1.54) is 29.8 Å². The molecule has 0 fully saturated rings. The molecule has 0 unspecified atom stereocenters. The van der Waals surface area contributed by atoms with Crippen molar-refractivity contribution in [2.45, 2.75) is 58.9 Å². The molecule has 78 valence electrons. The highest BCUT2D eigenvalue weighted by atomic mass is 15.3. The lowest BCUT2D eigenvalue weighted by atomic mass is 9.84. The van der Waals surface area contributed by atoms with Crippen LogP contribution in [0.25, 0.3) is 0 Å². The van der Waals surface area contributed by atoms with Crippen LogP contribution in [0.1, 0.15) is 51.1 Å². The highest BCUT2D eigenvalue weighted by Gasteiger charge is 2.28. The first-order valence-corrected chi connectivity index (χ1v) is 5.63. The number of hydrogen-bond donors (Lipinski definition) is 0. The summed E-state index contributed by atoms with van der Waals surface area (Å²) in [6.45, 7) is 10.2. The molecule has 2 nitrogen and oxygen atoms in total. The minimum atomic E-state index is 0.253. The number of nitrogens with zero attached hydrogens (tertiary/aromatic N) is 2. The number of rotatable bonds is 1. The molecule has 0 saturated carbocycles. The topological polar surface area (TPSA) is 17.8 Å².